The largest absolute Gasteiger partial charge is 0.375 e. The van der Waals surface area contributed by atoms with Gasteiger partial charge in [-0.3, -0.25) is 4.79 Å². The molecule has 2 fully saturated rings. The number of carbonyl (C=O) groups excluding carboxylic acids is 1. The smallest absolute Gasteiger partial charge is 0.263 e. The molecule has 1 saturated carbocycles. The van der Waals surface area contributed by atoms with Crippen molar-refractivity contribution in [3.05, 3.63) is 43.0 Å². The maximum Gasteiger partial charge on any atom is 0.263 e. The number of fused-ring (bicyclic) bond motifs is 2. The molecule has 2 N–H and O–H groups in total. The molecule has 4 aromatic heterocycles. The first-order valence-electron chi connectivity index (χ1n) is 11.8. The molecule has 1 saturated heterocycles. The zero-order valence-corrected chi connectivity index (χ0v) is 19.6. The molecule has 0 bridgehead atoms. The minimum Gasteiger partial charge on any atom is -0.375 e. The molecule has 10 heteroatoms. The van der Waals surface area contributed by atoms with Gasteiger partial charge in [0.25, 0.3) is 5.91 Å². The lowest BCUT2D eigenvalue weighted by Gasteiger charge is -2.32. The summed E-state index contributed by atoms with van der Waals surface area (Å²) in [6.07, 6.45) is 8.12. The number of ether oxygens (including phenoxy) is 1. The second-order valence-corrected chi connectivity index (χ2v) is 9.21. The standard InChI is InChI=1S/C25H26FN7O2/c1-15-12-32(7-8-35-15)16-3-4-22-30-20(14-33(22)13-16)18-10-29-23(27-2)19-11-28-21(9-17(18)19)31-24(34)25(26)5-6-25/h3-4,9-11,13-15H,5-8,12H2,1-2H3,(H,27,29)(H,28,31,34)/t15-/m0/s1. The van der Waals surface area contributed by atoms with Gasteiger partial charge in [0.1, 0.15) is 17.3 Å². The predicted molar refractivity (Wildman–Crippen MR) is 133 cm³/mol. The van der Waals surface area contributed by atoms with Crippen molar-refractivity contribution >= 4 is 39.6 Å². The number of rotatable bonds is 5. The molecule has 5 heterocycles. The van der Waals surface area contributed by atoms with Crippen molar-refractivity contribution in [2.45, 2.75) is 31.5 Å². The lowest BCUT2D eigenvalue weighted by Crippen LogP contribution is -2.41. The molecule has 4 aromatic rings. The van der Waals surface area contributed by atoms with Crippen molar-refractivity contribution in [2.75, 3.05) is 42.3 Å². The van der Waals surface area contributed by atoms with Crippen LogP contribution in [0.5, 0.6) is 0 Å². The van der Waals surface area contributed by atoms with Crippen LogP contribution in [-0.4, -0.2) is 63.8 Å². The van der Waals surface area contributed by atoms with E-state index in [0.29, 0.717) is 18.2 Å². The van der Waals surface area contributed by atoms with Gasteiger partial charge in [-0.1, -0.05) is 0 Å². The van der Waals surface area contributed by atoms with E-state index in [9.17, 15) is 9.18 Å². The van der Waals surface area contributed by atoms with Crippen LogP contribution in [0.3, 0.4) is 0 Å². The third-order valence-electron chi connectivity index (χ3n) is 6.66. The number of alkyl halides is 1. The Hall–Kier alpha value is -3.79. The first-order valence-corrected chi connectivity index (χ1v) is 11.8. The number of aromatic nitrogens is 4. The van der Waals surface area contributed by atoms with Crippen LogP contribution < -0.4 is 15.5 Å². The number of morpholine rings is 1. The maximum absolute atomic E-state index is 14.2. The fraction of sp³-hybridized carbons (Fsp3) is 0.360. The van der Waals surface area contributed by atoms with Crippen molar-refractivity contribution in [3.63, 3.8) is 0 Å². The summed E-state index contributed by atoms with van der Waals surface area (Å²) in [7, 11) is 1.79. The predicted octanol–water partition coefficient (Wildman–Crippen LogP) is 3.65. The third-order valence-corrected chi connectivity index (χ3v) is 6.66. The van der Waals surface area contributed by atoms with E-state index >= 15 is 0 Å². The Morgan fingerprint density at radius 1 is 1.20 bits per heavy atom. The maximum atomic E-state index is 14.2. The second-order valence-electron chi connectivity index (χ2n) is 9.21. The summed E-state index contributed by atoms with van der Waals surface area (Å²) in [5.41, 5.74) is 1.69. The fourth-order valence-electron chi connectivity index (χ4n) is 4.52. The Balaban J connectivity index is 1.40. The number of anilines is 3. The van der Waals surface area contributed by atoms with Crippen LogP contribution in [0.1, 0.15) is 19.8 Å². The highest BCUT2D eigenvalue weighted by atomic mass is 19.1. The summed E-state index contributed by atoms with van der Waals surface area (Å²) in [5.74, 6) is 0.311. The van der Waals surface area contributed by atoms with Crippen molar-refractivity contribution in [2.24, 2.45) is 0 Å². The molecule has 1 amide bonds. The molecule has 0 radical (unpaired) electrons. The molecule has 0 unspecified atom stereocenters. The first kappa shape index (κ1) is 21.7. The topological polar surface area (TPSA) is 96.7 Å². The monoisotopic (exact) mass is 475 g/mol. The van der Waals surface area contributed by atoms with E-state index in [1.807, 2.05) is 16.7 Å². The second kappa shape index (κ2) is 8.16. The average molecular weight is 476 g/mol. The molecular weight excluding hydrogens is 449 g/mol. The highest BCUT2D eigenvalue weighted by Gasteiger charge is 2.51. The Morgan fingerprint density at radius 3 is 2.83 bits per heavy atom. The number of pyridine rings is 3. The molecule has 9 nitrogen and oxygen atoms in total. The zero-order chi connectivity index (χ0) is 24.2. The highest BCUT2D eigenvalue weighted by molar-refractivity contribution is 6.04. The number of nitrogens with zero attached hydrogens (tertiary/aromatic N) is 5. The van der Waals surface area contributed by atoms with Crippen LogP contribution in [0.4, 0.5) is 21.7 Å². The lowest BCUT2D eigenvalue weighted by atomic mass is 10.1. The van der Waals surface area contributed by atoms with E-state index in [4.69, 9.17) is 9.72 Å². The Morgan fingerprint density at radius 2 is 2.06 bits per heavy atom. The molecular formula is C25H26FN7O2. The molecule has 1 aliphatic carbocycles. The van der Waals surface area contributed by atoms with Crippen molar-refractivity contribution in [3.8, 4) is 11.3 Å². The average Bonchev–Trinajstić information content (AvgIpc) is 3.48. The van der Waals surface area contributed by atoms with E-state index in [0.717, 1.165) is 46.5 Å². The van der Waals surface area contributed by atoms with Crippen molar-refractivity contribution < 1.29 is 13.9 Å². The van der Waals surface area contributed by atoms with Crippen molar-refractivity contribution in [1.82, 2.24) is 19.4 Å². The van der Waals surface area contributed by atoms with E-state index in [1.165, 1.54) is 0 Å². The van der Waals surface area contributed by atoms with Crippen LogP contribution in [0, 0.1) is 0 Å². The van der Waals surface area contributed by atoms with Gasteiger partial charge in [0.2, 0.25) is 0 Å². The van der Waals surface area contributed by atoms with E-state index in [1.54, 1.807) is 25.5 Å². The van der Waals surface area contributed by atoms with E-state index in [-0.39, 0.29) is 18.9 Å². The van der Waals surface area contributed by atoms with E-state index < -0.39 is 11.6 Å². The van der Waals surface area contributed by atoms with Gasteiger partial charge < -0.3 is 24.7 Å². The molecule has 6 rings (SSSR count). The van der Waals surface area contributed by atoms with Gasteiger partial charge in [0.15, 0.2) is 5.67 Å². The highest BCUT2D eigenvalue weighted by Crippen LogP contribution is 2.41. The molecule has 35 heavy (non-hydrogen) atoms. The Labute approximate surface area is 201 Å². The SMILES string of the molecule is CNc1ncc(-c2cn3cc(N4CCO[C@@H](C)C4)ccc3n2)c2cc(NC(=O)C3(F)CC3)ncc12. The van der Waals surface area contributed by atoms with Crippen LogP contribution in [0.15, 0.2) is 43.0 Å². The number of hydrogen-bond donors (Lipinski definition) is 2. The van der Waals surface area contributed by atoms with Gasteiger partial charge >= 0.3 is 0 Å². The van der Waals surface area contributed by atoms with Crippen LogP contribution in [-0.2, 0) is 9.53 Å². The summed E-state index contributed by atoms with van der Waals surface area (Å²) >= 11 is 0. The van der Waals surface area contributed by atoms with Crippen LogP contribution >= 0.6 is 0 Å². The molecule has 2 aliphatic rings. The molecule has 0 spiro atoms. The molecule has 0 aromatic carbocycles. The molecule has 1 atom stereocenters. The number of carbonyl (C=O) groups is 1. The molecule has 1 aliphatic heterocycles. The van der Waals surface area contributed by atoms with Gasteiger partial charge in [-0.2, -0.15) is 0 Å². The quantitative estimate of drug-likeness (QED) is 0.455. The Kier molecular flexibility index (Phi) is 5.06. The summed E-state index contributed by atoms with van der Waals surface area (Å²) in [6, 6.07) is 5.83. The van der Waals surface area contributed by atoms with Crippen LogP contribution in [0.25, 0.3) is 27.7 Å². The zero-order valence-electron chi connectivity index (χ0n) is 19.6. The summed E-state index contributed by atoms with van der Waals surface area (Å²) in [4.78, 5) is 28.2. The Bertz CT molecular complexity index is 1450. The molecule has 180 valence electrons. The van der Waals surface area contributed by atoms with Crippen LogP contribution in [0.2, 0.25) is 0 Å². The summed E-state index contributed by atoms with van der Waals surface area (Å²) in [5, 5.41) is 7.29. The summed E-state index contributed by atoms with van der Waals surface area (Å²) < 4.78 is 21.9. The normalized spacial score (nSPS) is 19.2. The van der Waals surface area contributed by atoms with Gasteiger partial charge in [-0.05, 0) is 38.0 Å². The van der Waals surface area contributed by atoms with Gasteiger partial charge in [0, 0.05) is 61.3 Å². The number of nitrogens with one attached hydrogen (secondary N) is 2. The van der Waals surface area contributed by atoms with Gasteiger partial charge in [-0.15, -0.1) is 0 Å². The first-order chi connectivity index (χ1) is 16.9. The number of imidazole rings is 1. The number of halogens is 1. The number of amides is 1. The van der Waals surface area contributed by atoms with Crippen molar-refractivity contribution in [1.29, 1.82) is 0 Å². The lowest BCUT2D eigenvalue weighted by molar-refractivity contribution is -0.122. The third kappa shape index (κ3) is 3.93. The minimum absolute atomic E-state index is 0.191. The number of hydrogen-bond acceptors (Lipinski definition) is 7. The summed E-state index contributed by atoms with van der Waals surface area (Å²) in [6.45, 7) is 4.48. The fourth-order valence-corrected chi connectivity index (χ4v) is 4.52. The minimum atomic E-state index is -1.77. The van der Waals surface area contributed by atoms with E-state index in [2.05, 4.69) is 44.7 Å². The van der Waals surface area contributed by atoms with Gasteiger partial charge in [0.05, 0.1) is 24.1 Å². The van der Waals surface area contributed by atoms with Gasteiger partial charge in [-0.25, -0.2) is 19.3 Å².